The maximum Gasteiger partial charge on any atom is 0.268 e. The van der Waals surface area contributed by atoms with Gasteiger partial charge in [0.05, 0.1) is 12.6 Å². The van der Waals surface area contributed by atoms with E-state index in [1.165, 1.54) is 32.1 Å². The van der Waals surface area contributed by atoms with Gasteiger partial charge in [-0.1, -0.05) is 30.3 Å². The summed E-state index contributed by atoms with van der Waals surface area (Å²) in [6.45, 7) is 4.14. The van der Waals surface area contributed by atoms with E-state index in [9.17, 15) is 9.59 Å². The molecule has 0 atom stereocenters. The van der Waals surface area contributed by atoms with Crippen molar-refractivity contribution in [2.75, 3.05) is 6.61 Å². The molecule has 1 aromatic rings. The number of carbonyl (C=O) groups excluding carboxylic acids is 2. The lowest BCUT2D eigenvalue weighted by Crippen LogP contribution is -2.81. The van der Waals surface area contributed by atoms with Gasteiger partial charge in [-0.25, -0.2) is 10.0 Å². The van der Waals surface area contributed by atoms with E-state index in [-0.39, 0.29) is 24.5 Å². The van der Waals surface area contributed by atoms with Gasteiger partial charge in [-0.15, -0.1) is 0 Å². The van der Waals surface area contributed by atoms with Crippen LogP contribution in [0.3, 0.4) is 0 Å². The van der Waals surface area contributed by atoms with E-state index in [1.54, 1.807) is 5.01 Å². The number of benzene rings is 1. The lowest BCUT2D eigenvalue weighted by Gasteiger charge is -2.64. The highest BCUT2D eigenvalue weighted by atomic mass is 16.5. The minimum absolute atomic E-state index is 0.00933. The van der Waals surface area contributed by atoms with Gasteiger partial charge >= 0.3 is 0 Å². The van der Waals surface area contributed by atoms with Crippen molar-refractivity contribution in [2.24, 2.45) is 23.7 Å². The van der Waals surface area contributed by atoms with Crippen molar-refractivity contribution in [1.82, 2.24) is 10.0 Å². The minimum atomic E-state index is -0.762. The molecule has 0 spiro atoms. The average Bonchev–Trinajstić information content (AvgIpc) is 2.66. The van der Waals surface area contributed by atoms with Crippen molar-refractivity contribution in [1.29, 1.82) is 0 Å². The quantitative estimate of drug-likeness (QED) is 0.784. The SMILES string of the molecule is CC1(C)C(=O)N(C2C3CC4CC(C3)CC2C4)N1C(=O)COCc1ccccc1. The van der Waals surface area contributed by atoms with E-state index >= 15 is 0 Å². The molecule has 0 unspecified atom stereocenters. The van der Waals surface area contributed by atoms with E-state index in [4.69, 9.17) is 4.74 Å². The molecule has 4 aliphatic carbocycles. The van der Waals surface area contributed by atoms with Crippen LogP contribution >= 0.6 is 0 Å². The largest absolute Gasteiger partial charge is 0.367 e. The third-order valence-corrected chi connectivity index (χ3v) is 7.51. The molecule has 5 aliphatic rings. The van der Waals surface area contributed by atoms with Crippen LogP contribution in [0.15, 0.2) is 30.3 Å². The van der Waals surface area contributed by atoms with Crippen molar-refractivity contribution in [3.05, 3.63) is 35.9 Å². The van der Waals surface area contributed by atoms with Gasteiger partial charge in [-0.3, -0.25) is 9.59 Å². The van der Waals surface area contributed by atoms with Gasteiger partial charge < -0.3 is 4.74 Å². The number of hydrogen-bond donors (Lipinski definition) is 0. The van der Waals surface area contributed by atoms with Crippen molar-refractivity contribution >= 4 is 11.8 Å². The van der Waals surface area contributed by atoms with Crippen molar-refractivity contribution in [3.63, 3.8) is 0 Å². The number of ether oxygens (including phenoxy) is 1. The Bertz CT molecular complexity index is 747. The van der Waals surface area contributed by atoms with Gasteiger partial charge in [0.2, 0.25) is 0 Å². The van der Waals surface area contributed by atoms with E-state index in [1.807, 2.05) is 49.2 Å². The highest BCUT2D eigenvalue weighted by molar-refractivity contribution is 5.98. The van der Waals surface area contributed by atoms with Crippen LogP contribution in [0.25, 0.3) is 0 Å². The number of hydrazine groups is 1. The average molecular weight is 383 g/mol. The van der Waals surface area contributed by atoms with Crippen LogP contribution in [-0.4, -0.2) is 40.0 Å². The van der Waals surface area contributed by atoms with Gasteiger partial charge in [0, 0.05) is 0 Å². The van der Waals surface area contributed by atoms with Crippen LogP contribution in [0.4, 0.5) is 0 Å². The van der Waals surface area contributed by atoms with Gasteiger partial charge in [-0.05, 0) is 75.2 Å². The summed E-state index contributed by atoms with van der Waals surface area (Å²) in [4.78, 5) is 26.0. The standard InChI is InChI=1S/C23H30N2O3/c1-23(2)22(27)24(21-18-9-16-8-17(11-18)12-19(21)10-16)25(23)20(26)14-28-13-15-6-4-3-5-7-15/h3-7,16-19,21H,8-14H2,1-2H3. The van der Waals surface area contributed by atoms with Gasteiger partial charge in [0.1, 0.15) is 12.1 Å². The van der Waals surface area contributed by atoms with Crippen LogP contribution in [0.2, 0.25) is 0 Å². The molecule has 1 heterocycles. The molecule has 5 heteroatoms. The summed E-state index contributed by atoms with van der Waals surface area (Å²) in [5, 5.41) is 3.55. The minimum Gasteiger partial charge on any atom is -0.367 e. The van der Waals surface area contributed by atoms with Crippen LogP contribution in [0.5, 0.6) is 0 Å². The highest BCUT2D eigenvalue weighted by Crippen LogP contribution is 2.56. The van der Waals surface area contributed by atoms with Crippen molar-refractivity contribution < 1.29 is 14.3 Å². The first-order valence-corrected chi connectivity index (χ1v) is 10.7. The molecule has 0 radical (unpaired) electrons. The maximum absolute atomic E-state index is 13.0. The molecule has 5 nitrogen and oxygen atoms in total. The molecule has 28 heavy (non-hydrogen) atoms. The normalized spacial score (nSPS) is 35.2. The zero-order valence-electron chi connectivity index (χ0n) is 16.8. The summed E-state index contributed by atoms with van der Waals surface area (Å²) in [7, 11) is 0. The fourth-order valence-corrected chi connectivity index (χ4v) is 6.57. The third kappa shape index (κ3) is 2.78. The number of amides is 2. The first-order chi connectivity index (χ1) is 13.4. The molecule has 2 amide bonds. The van der Waals surface area contributed by atoms with Gasteiger partial charge in [0.15, 0.2) is 0 Å². The fourth-order valence-electron chi connectivity index (χ4n) is 6.57. The van der Waals surface area contributed by atoms with E-state index in [0.717, 1.165) is 17.4 Å². The summed E-state index contributed by atoms with van der Waals surface area (Å²) in [5.74, 6) is 2.83. The Morgan fingerprint density at radius 1 is 1.04 bits per heavy atom. The Morgan fingerprint density at radius 2 is 1.64 bits per heavy atom. The zero-order chi connectivity index (χ0) is 19.5. The summed E-state index contributed by atoms with van der Waals surface area (Å²) < 4.78 is 5.69. The number of carbonyl (C=O) groups is 2. The molecule has 5 fully saturated rings. The molecular formula is C23H30N2O3. The topological polar surface area (TPSA) is 49.9 Å². The van der Waals surface area contributed by atoms with Gasteiger partial charge in [-0.2, -0.15) is 0 Å². The monoisotopic (exact) mass is 382 g/mol. The maximum atomic E-state index is 13.0. The second-order valence-corrected chi connectivity index (χ2v) is 9.81. The van der Waals surface area contributed by atoms with Crippen LogP contribution in [0, 0.1) is 23.7 Å². The van der Waals surface area contributed by atoms with E-state index in [2.05, 4.69) is 0 Å². The van der Waals surface area contributed by atoms with Gasteiger partial charge in [0.25, 0.3) is 11.8 Å². The number of rotatable bonds is 5. The Balaban J connectivity index is 1.28. The van der Waals surface area contributed by atoms with Crippen LogP contribution in [-0.2, 0) is 20.9 Å². The Labute approximate surface area is 167 Å². The zero-order valence-corrected chi connectivity index (χ0v) is 16.8. The summed E-state index contributed by atoms with van der Waals surface area (Å²) in [6, 6.07) is 10.1. The summed E-state index contributed by atoms with van der Waals surface area (Å²) >= 11 is 0. The molecular weight excluding hydrogens is 352 g/mol. The summed E-state index contributed by atoms with van der Waals surface area (Å²) in [5.41, 5.74) is 0.286. The van der Waals surface area contributed by atoms with Crippen LogP contribution in [0.1, 0.15) is 51.5 Å². The first-order valence-electron chi connectivity index (χ1n) is 10.7. The molecule has 150 valence electrons. The van der Waals surface area contributed by atoms with Crippen LogP contribution < -0.4 is 0 Å². The second kappa shape index (κ2) is 6.58. The molecule has 6 rings (SSSR count). The second-order valence-electron chi connectivity index (χ2n) is 9.81. The lowest BCUT2D eigenvalue weighted by atomic mass is 9.53. The fraction of sp³-hybridized carbons (Fsp3) is 0.652. The number of nitrogens with zero attached hydrogens (tertiary/aromatic N) is 2. The molecule has 1 aromatic carbocycles. The molecule has 1 aliphatic heterocycles. The highest BCUT2D eigenvalue weighted by Gasteiger charge is 2.62. The first kappa shape index (κ1) is 18.2. The molecule has 1 saturated heterocycles. The lowest BCUT2D eigenvalue weighted by molar-refractivity contribution is -0.245. The Morgan fingerprint density at radius 3 is 2.25 bits per heavy atom. The molecule has 4 bridgehead atoms. The molecule has 4 saturated carbocycles. The number of hydrogen-bond acceptors (Lipinski definition) is 3. The summed E-state index contributed by atoms with van der Waals surface area (Å²) in [6.07, 6.45) is 6.31. The predicted molar refractivity (Wildman–Crippen MR) is 105 cm³/mol. The predicted octanol–water partition coefficient (Wildman–Crippen LogP) is 3.39. The van der Waals surface area contributed by atoms with Crippen molar-refractivity contribution in [3.8, 4) is 0 Å². The van der Waals surface area contributed by atoms with Crippen molar-refractivity contribution in [2.45, 2.75) is 64.1 Å². The molecule has 0 N–H and O–H groups in total. The molecule has 0 aromatic heterocycles. The van der Waals surface area contributed by atoms with E-state index in [0.29, 0.717) is 18.4 Å². The smallest absolute Gasteiger partial charge is 0.268 e. The van der Waals surface area contributed by atoms with E-state index < -0.39 is 5.54 Å². The Hall–Kier alpha value is -1.88. The third-order valence-electron chi connectivity index (χ3n) is 7.51. The Kier molecular flexibility index (Phi) is 4.27.